The highest BCUT2D eigenvalue weighted by Gasteiger charge is 2.18. The number of imidazole rings is 1. The van der Waals surface area contributed by atoms with E-state index in [2.05, 4.69) is 10.3 Å². The summed E-state index contributed by atoms with van der Waals surface area (Å²) in [6, 6.07) is 13.9. The zero-order valence-corrected chi connectivity index (χ0v) is 12.8. The summed E-state index contributed by atoms with van der Waals surface area (Å²) in [6.45, 7) is 4.54. The Morgan fingerprint density at radius 3 is 2.68 bits per heavy atom. The predicted molar refractivity (Wildman–Crippen MR) is 86.9 cm³/mol. The van der Waals surface area contributed by atoms with Gasteiger partial charge in [0.05, 0.1) is 5.69 Å². The van der Waals surface area contributed by atoms with Crippen molar-refractivity contribution in [3.63, 3.8) is 0 Å². The second-order valence-electron chi connectivity index (χ2n) is 5.31. The molecular weight excluding hydrogens is 274 g/mol. The van der Waals surface area contributed by atoms with E-state index < -0.39 is 0 Å². The fourth-order valence-corrected chi connectivity index (χ4v) is 2.60. The molecule has 4 heteroatoms. The van der Waals surface area contributed by atoms with Crippen LogP contribution in [0.25, 0.3) is 5.65 Å². The van der Waals surface area contributed by atoms with Crippen molar-refractivity contribution in [2.24, 2.45) is 0 Å². The lowest BCUT2D eigenvalue weighted by Gasteiger charge is -2.07. The van der Waals surface area contributed by atoms with Crippen molar-refractivity contribution in [3.8, 4) is 0 Å². The van der Waals surface area contributed by atoms with Crippen LogP contribution in [0.5, 0.6) is 0 Å². The van der Waals surface area contributed by atoms with Crippen LogP contribution in [0.1, 0.15) is 34.2 Å². The second-order valence-corrected chi connectivity index (χ2v) is 5.31. The van der Waals surface area contributed by atoms with E-state index in [-0.39, 0.29) is 5.91 Å². The van der Waals surface area contributed by atoms with Gasteiger partial charge in [-0.05, 0) is 30.5 Å². The molecule has 0 unspecified atom stereocenters. The molecular formula is C18H19N3O. The van der Waals surface area contributed by atoms with E-state index >= 15 is 0 Å². The fourth-order valence-electron chi connectivity index (χ4n) is 2.60. The summed E-state index contributed by atoms with van der Waals surface area (Å²) in [5, 5.41) is 2.99. The molecule has 0 radical (unpaired) electrons. The summed E-state index contributed by atoms with van der Waals surface area (Å²) in [4.78, 5) is 17.2. The molecule has 0 fully saturated rings. The third-order valence-corrected chi connectivity index (χ3v) is 3.76. The Labute approximate surface area is 129 Å². The van der Waals surface area contributed by atoms with Crippen molar-refractivity contribution >= 4 is 11.6 Å². The van der Waals surface area contributed by atoms with E-state index in [0.29, 0.717) is 12.2 Å². The maximum Gasteiger partial charge on any atom is 0.270 e. The van der Waals surface area contributed by atoms with Crippen molar-refractivity contribution in [1.29, 1.82) is 0 Å². The molecule has 1 amide bonds. The summed E-state index contributed by atoms with van der Waals surface area (Å²) < 4.78 is 1.88. The van der Waals surface area contributed by atoms with Gasteiger partial charge in [-0.25, -0.2) is 4.98 Å². The zero-order chi connectivity index (χ0) is 15.5. The first kappa shape index (κ1) is 14.3. The van der Waals surface area contributed by atoms with Gasteiger partial charge in [-0.15, -0.1) is 0 Å². The summed E-state index contributed by atoms with van der Waals surface area (Å²) in [5.74, 6) is -0.0844. The van der Waals surface area contributed by atoms with E-state index in [9.17, 15) is 4.79 Å². The van der Waals surface area contributed by atoms with Gasteiger partial charge in [-0.2, -0.15) is 0 Å². The summed E-state index contributed by atoms with van der Waals surface area (Å²) in [6.07, 6.45) is 2.63. The van der Waals surface area contributed by atoms with Crippen LogP contribution in [0.4, 0.5) is 0 Å². The minimum Gasteiger partial charge on any atom is -0.347 e. The number of carbonyl (C=O) groups is 1. The van der Waals surface area contributed by atoms with E-state index in [4.69, 9.17) is 0 Å². The molecule has 0 saturated carbocycles. The summed E-state index contributed by atoms with van der Waals surface area (Å²) in [5.41, 5.74) is 4.47. The molecule has 2 heterocycles. The van der Waals surface area contributed by atoms with E-state index in [1.807, 2.05) is 66.9 Å². The second kappa shape index (κ2) is 6.02. The molecule has 1 aromatic carbocycles. The molecule has 0 aliphatic heterocycles. The largest absolute Gasteiger partial charge is 0.347 e. The highest BCUT2D eigenvalue weighted by atomic mass is 16.1. The molecule has 0 spiro atoms. The number of rotatable bonds is 4. The van der Waals surface area contributed by atoms with Crippen molar-refractivity contribution in [2.45, 2.75) is 26.8 Å². The first-order valence-corrected chi connectivity index (χ1v) is 7.49. The Kier molecular flexibility index (Phi) is 3.92. The number of aryl methyl sites for hydroxylation is 2. The molecule has 2 aromatic heterocycles. The molecule has 3 aromatic rings. The third-order valence-electron chi connectivity index (χ3n) is 3.76. The number of nitrogens with zero attached hydrogens (tertiary/aromatic N) is 2. The Hall–Kier alpha value is -2.62. The van der Waals surface area contributed by atoms with E-state index in [1.165, 1.54) is 0 Å². The SMILES string of the molecule is CCc1nc2c(C)cccn2c1C(=O)NCc1ccccc1. The number of hydrogen-bond acceptors (Lipinski definition) is 2. The monoisotopic (exact) mass is 293 g/mol. The number of carbonyl (C=O) groups excluding carboxylic acids is 1. The number of hydrogen-bond donors (Lipinski definition) is 1. The maximum atomic E-state index is 12.6. The van der Waals surface area contributed by atoms with E-state index in [0.717, 1.165) is 28.9 Å². The first-order chi connectivity index (χ1) is 10.7. The molecule has 0 atom stereocenters. The smallest absolute Gasteiger partial charge is 0.270 e. The quantitative estimate of drug-likeness (QED) is 0.803. The number of fused-ring (bicyclic) bond motifs is 1. The molecule has 0 bridgehead atoms. The van der Waals surface area contributed by atoms with Crippen molar-refractivity contribution in [2.75, 3.05) is 0 Å². The molecule has 22 heavy (non-hydrogen) atoms. The van der Waals surface area contributed by atoms with Crippen molar-refractivity contribution in [3.05, 3.63) is 71.2 Å². The van der Waals surface area contributed by atoms with Crippen LogP contribution >= 0.6 is 0 Å². The number of benzene rings is 1. The van der Waals surface area contributed by atoms with Crippen LogP contribution in [0.15, 0.2) is 48.7 Å². The van der Waals surface area contributed by atoms with Gasteiger partial charge < -0.3 is 5.32 Å². The molecule has 0 aliphatic carbocycles. The minimum absolute atomic E-state index is 0.0844. The molecule has 4 nitrogen and oxygen atoms in total. The number of nitrogens with one attached hydrogen (secondary N) is 1. The van der Waals surface area contributed by atoms with Gasteiger partial charge in [-0.3, -0.25) is 9.20 Å². The van der Waals surface area contributed by atoms with Gasteiger partial charge >= 0.3 is 0 Å². The average Bonchev–Trinajstić information content (AvgIpc) is 2.94. The lowest BCUT2D eigenvalue weighted by molar-refractivity contribution is 0.0944. The Morgan fingerprint density at radius 1 is 1.18 bits per heavy atom. The highest BCUT2D eigenvalue weighted by molar-refractivity contribution is 5.94. The Bertz CT molecular complexity index is 806. The van der Waals surface area contributed by atoms with Gasteiger partial charge in [0, 0.05) is 12.7 Å². The molecule has 0 saturated heterocycles. The van der Waals surface area contributed by atoms with Gasteiger partial charge in [0.15, 0.2) is 0 Å². The summed E-state index contributed by atoms with van der Waals surface area (Å²) >= 11 is 0. The third kappa shape index (κ3) is 2.60. The van der Waals surface area contributed by atoms with Gasteiger partial charge in [0.2, 0.25) is 0 Å². The molecule has 1 N–H and O–H groups in total. The van der Waals surface area contributed by atoms with Crippen molar-refractivity contribution < 1.29 is 4.79 Å². The van der Waals surface area contributed by atoms with Crippen LogP contribution in [-0.4, -0.2) is 15.3 Å². The Balaban J connectivity index is 1.91. The minimum atomic E-state index is -0.0844. The topological polar surface area (TPSA) is 46.4 Å². The number of aromatic nitrogens is 2. The average molecular weight is 293 g/mol. The predicted octanol–water partition coefficient (Wildman–Crippen LogP) is 3.14. The number of amides is 1. The van der Waals surface area contributed by atoms with Crippen molar-refractivity contribution in [1.82, 2.24) is 14.7 Å². The summed E-state index contributed by atoms with van der Waals surface area (Å²) in [7, 11) is 0. The van der Waals surface area contributed by atoms with Gasteiger partial charge in [-0.1, -0.05) is 43.3 Å². The van der Waals surface area contributed by atoms with Crippen LogP contribution < -0.4 is 5.32 Å². The van der Waals surface area contributed by atoms with E-state index in [1.54, 1.807) is 0 Å². The molecule has 112 valence electrons. The van der Waals surface area contributed by atoms with Crippen LogP contribution in [0.2, 0.25) is 0 Å². The highest BCUT2D eigenvalue weighted by Crippen LogP contribution is 2.16. The standard InChI is InChI=1S/C18H19N3O/c1-3-15-16(21-11-7-8-13(2)17(21)20-15)18(22)19-12-14-9-5-4-6-10-14/h4-11H,3,12H2,1-2H3,(H,19,22). The Morgan fingerprint density at radius 2 is 1.95 bits per heavy atom. The van der Waals surface area contributed by atoms with Gasteiger partial charge in [0.25, 0.3) is 5.91 Å². The lowest BCUT2D eigenvalue weighted by atomic mass is 10.2. The van der Waals surface area contributed by atoms with Crippen LogP contribution in [0.3, 0.4) is 0 Å². The lowest BCUT2D eigenvalue weighted by Crippen LogP contribution is -2.25. The van der Waals surface area contributed by atoms with Crippen LogP contribution in [-0.2, 0) is 13.0 Å². The number of pyridine rings is 1. The first-order valence-electron chi connectivity index (χ1n) is 7.49. The zero-order valence-electron chi connectivity index (χ0n) is 12.8. The maximum absolute atomic E-state index is 12.6. The molecule has 3 rings (SSSR count). The molecule has 0 aliphatic rings. The fraction of sp³-hybridized carbons (Fsp3) is 0.222. The van der Waals surface area contributed by atoms with Crippen LogP contribution in [0, 0.1) is 6.92 Å². The normalized spacial score (nSPS) is 10.8. The van der Waals surface area contributed by atoms with Gasteiger partial charge in [0.1, 0.15) is 11.3 Å².